The van der Waals surface area contributed by atoms with Crippen molar-refractivity contribution >= 4 is 17.6 Å². The number of rotatable bonds is 3. The molecule has 90 valence electrons. The molecule has 0 bridgehead atoms. The van der Waals surface area contributed by atoms with Crippen LogP contribution in [0.5, 0.6) is 0 Å². The third-order valence-corrected chi connectivity index (χ3v) is 2.70. The van der Waals surface area contributed by atoms with Gasteiger partial charge in [0.15, 0.2) is 0 Å². The van der Waals surface area contributed by atoms with Gasteiger partial charge in [0.05, 0.1) is 24.4 Å². The monoisotopic (exact) mass is 234 g/mol. The molecule has 0 aromatic carbocycles. The summed E-state index contributed by atoms with van der Waals surface area (Å²) in [6, 6.07) is 3.57. The van der Waals surface area contributed by atoms with Gasteiger partial charge >= 0.3 is 5.97 Å². The van der Waals surface area contributed by atoms with E-state index in [1.807, 2.05) is 0 Å². The molecule has 0 radical (unpaired) electrons. The Bertz CT molecular complexity index is 419. The van der Waals surface area contributed by atoms with Crippen LogP contribution in [0.3, 0.4) is 0 Å². The van der Waals surface area contributed by atoms with E-state index in [1.165, 1.54) is 0 Å². The Hall–Kier alpha value is -1.91. The van der Waals surface area contributed by atoms with Gasteiger partial charge in [0.25, 0.3) is 0 Å². The minimum Gasteiger partial charge on any atom is -0.466 e. The van der Waals surface area contributed by atoms with Crippen LogP contribution in [0.2, 0.25) is 0 Å². The molecule has 1 fully saturated rings. The summed E-state index contributed by atoms with van der Waals surface area (Å²) < 4.78 is 4.92. The van der Waals surface area contributed by atoms with Crippen molar-refractivity contribution in [1.82, 2.24) is 4.98 Å². The first kappa shape index (κ1) is 11.6. The van der Waals surface area contributed by atoms with E-state index in [-0.39, 0.29) is 24.2 Å². The summed E-state index contributed by atoms with van der Waals surface area (Å²) in [5, 5.41) is 0. The van der Waals surface area contributed by atoms with Gasteiger partial charge in [-0.3, -0.25) is 14.6 Å². The molecule has 1 aliphatic heterocycles. The van der Waals surface area contributed by atoms with E-state index in [9.17, 15) is 9.59 Å². The van der Waals surface area contributed by atoms with E-state index in [0.717, 1.165) is 5.69 Å². The first-order valence-electron chi connectivity index (χ1n) is 5.59. The van der Waals surface area contributed by atoms with Crippen LogP contribution in [0.1, 0.15) is 13.3 Å². The van der Waals surface area contributed by atoms with Crippen molar-refractivity contribution in [2.75, 3.05) is 18.1 Å². The fraction of sp³-hybridized carbons (Fsp3) is 0.417. The molecule has 0 aliphatic carbocycles. The third kappa shape index (κ3) is 2.43. The lowest BCUT2D eigenvalue weighted by atomic mass is 10.1. The Balaban J connectivity index is 2.08. The maximum absolute atomic E-state index is 11.8. The molecule has 1 aromatic heterocycles. The second-order valence-electron chi connectivity index (χ2n) is 3.87. The maximum Gasteiger partial charge on any atom is 0.311 e. The summed E-state index contributed by atoms with van der Waals surface area (Å²) in [6.45, 7) is 2.48. The van der Waals surface area contributed by atoms with Crippen LogP contribution in [-0.2, 0) is 14.3 Å². The highest BCUT2D eigenvalue weighted by Crippen LogP contribution is 2.24. The number of hydrogen-bond donors (Lipinski definition) is 0. The van der Waals surface area contributed by atoms with Crippen molar-refractivity contribution in [3.8, 4) is 0 Å². The van der Waals surface area contributed by atoms with Crippen LogP contribution >= 0.6 is 0 Å². The van der Waals surface area contributed by atoms with Crippen LogP contribution in [-0.4, -0.2) is 30.0 Å². The second kappa shape index (κ2) is 4.95. The molecule has 1 saturated heterocycles. The van der Waals surface area contributed by atoms with Crippen molar-refractivity contribution in [2.24, 2.45) is 5.92 Å². The molecule has 1 amide bonds. The number of esters is 1. The summed E-state index contributed by atoms with van der Waals surface area (Å²) in [5.74, 6) is -0.717. The molecule has 17 heavy (non-hydrogen) atoms. The van der Waals surface area contributed by atoms with Gasteiger partial charge in [-0.25, -0.2) is 0 Å². The lowest BCUT2D eigenvalue weighted by molar-refractivity contribution is -0.147. The number of carbonyl (C=O) groups is 2. The van der Waals surface area contributed by atoms with E-state index in [1.54, 1.807) is 36.4 Å². The Morgan fingerprint density at radius 1 is 1.65 bits per heavy atom. The van der Waals surface area contributed by atoms with E-state index < -0.39 is 0 Å². The summed E-state index contributed by atoms with van der Waals surface area (Å²) >= 11 is 0. The highest BCUT2D eigenvalue weighted by molar-refractivity contribution is 5.99. The molecular weight excluding hydrogens is 220 g/mol. The molecule has 5 nitrogen and oxygen atoms in total. The summed E-state index contributed by atoms with van der Waals surface area (Å²) in [5.41, 5.74) is 0.726. The van der Waals surface area contributed by atoms with Gasteiger partial charge in [-0.05, 0) is 19.1 Å². The Labute approximate surface area is 99.4 Å². The molecule has 0 spiro atoms. The number of aromatic nitrogens is 1. The van der Waals surface area contributed by atoms with E-state index in [2.05, 4.69) is 4.98 Å². The zero-order valence-electron chi connectivity index (χ0n) is 9.63. The zero-order chi connectivity index (χ0) is 12.3. The molecule has 2 rings (SSSR count). The summed E-state index contributed by atoms with van der Waals surface area (Å²) in [6.07, 6.45) is 3.48. The molecule has 1 aromatic rings. The average Bonchev–Trinajstić information content (AvgIpc) is 2.73. The normalized spacial score (nSPS) is 19.5. The van der Waals surface area contributed by atoms with Gasteiger partial charge in [-0.1, -0.05) is 0 Å². The lowest BCUT2D eigenvalue weighted by Crippen LogP contribution is -2.26. The molecule has 1 atom stereocenters. The molecule has 2 heterocycles. The van der Waals surface area contributed by atoms with Crippen molar-refractivity contribution in [3.05, 3.63) is 24.5 Å². The predicted octanol–water partition coefficient (Wildman–Crippen LogP) is 0.998. The fourth-order valence-electron chi connectivity index (χ4n) is 1.89. The van der Waals surface area contributed by atoms with E-state index >= 15 is 0 Å². The molecule has 1 aliphatic rings. The zero-order valence-corrected chi connectivity index (χ0v) is 9.63. The van der Waals surface area contributed by atoms with Gasteiger partial charge < -0.3 is 9.64 Å². The van der Waals surface area contributed by atoms with Gasteiger partial charge in [-0.15, -0.1) is 0 Å². The highest BCUT2D eigenvalue weighted by Gasteiger charge is 2.35. The number of nitrogens with zero attached hydrogens (tertiary/aromatic N) is 2. The van der Waals surface area contributed by atoms with Crippen LogP contribution in [0.15, 0.2) is 24.5 Å². The van der Waals surface area contributed by atoms with Crippen molar-refractivity contribution in [2.45, 2.75) is 13.3 Å². The first-order chi connectivity index (χ1) is 8.22. The Kier molecular flexibility index (Phi) is 3.37. The SMILES string of the molecule is CCOC(=O)[C@H]1CC(=O)N(c2cccnc2)C1. The lowest BCUT2D eigenvalue weighted by Gasteiger charge is -2.15. The number of anilines is 1. The maximum atomic E-state index is 11.8. The predicted molar refractivity (Wildman–Crippen MR) is 61.3 cm³/mol. The molecule has 0 saturated carbocycles. The van der Waals surface area contributed by atoms with Gasteiger partial charge in [0, 0.05) is 19.2 Å². The topological polar surface area (TPSA) is 59.5 Å². The number of carbonyl (C=O) groups excluding carboxylic acids is 2. The summed E-state index contributed by atoms with van der Waals surface area (Å²) in [4.78, 5) is 28.9. The van der Waals surface area contributed by atoms with E-state index in [4.69, 9.17) is 4.74 Å². The van der Waals surface area contributed by atoms with Crippen molar-refractivity contribution < 1.29 is 14.3 Å². The van der Waals surface area contributed by atoms with Crippen LogP contribution in [0, 0.1) is 5.92 Å². The summed E-state index contributed by atoms with van der Waals surface area (Å²) in [7, 11) is 0. The largest absolute Gasteiger partial charge is 0.466 e. The number of pyridine rings is 1. The number of amides is 1. The molecule has 0 unspecified atom stereocenters. The van der Waals surface area contributed by atoms with Crippen molar-refractivity contribution in [1.29, 1.82) is 0 Å². The number of ether oxygens (including phenoxy) is 1. The van der Waals surface area contributed by atoms with Gasteiger partial charge in [-0.2, -0.15) is 0 Å². The quantitative estimate of drug-likeness (QED) is 0.732. The minimum atomic E-state index is -0.359. The number of hydrogen-bond acceptors (Lipinski definition) is 4. The standard InChI is InChI=1S/C12H14N2O3/c1-2-17-12(16)9-6-11(15)14(8-9)10-4-3-5-13-7-10/h3-5,7,9H,2,6,8H2,1H3/t9-/m0/s1. The smallest absolute Gasteiger partial charge is 0.311 e. The van der Waals surface area contributed by atoms with Crippen LogP contribution in [0.25, 0.3) is 0 Å². The average molecular weight is 234 g/mol. The van der Waals surface area contributed by atoms with E-state index in [0.29, 0.717) is 13.2 Å². The minimum absolute atomic E-state index is 0.0592. The fourth-order valence-corrected chi connectivity index (χ4v) is 1.89. The second-order valence-corrected chi connectivity index (χ2v) is 3.87. The third-order valence-electron chi connectivity index (χ3n) is 2.70. The molecule has 5 heteroatoms. The van der Waals surface area contributed by atoms with Crippen LogP contribution < -0.4 is 4.90 Å². The molecule has 0 N–H and O–H groups in total. The first-order valence-corrected chi connectivity index (χ1v) is 5.59. The van der Waals surface area contributed by atoms with Gasteiger partial charge in [0.2, 0.25) is 5.91 Å². The Morgan fingerprint density at radius 3 is 3.12 bits per heavy atom. The van der Waals surface area contributed by atoms with Crippen LogP contribution in [0.4, 0.5) is 5.69 Å². The Morgan fingerprint density at radius 2 is 2.47 bits per heavy atom. The highest BCUT2D eigenvalue weighted by atomic mass is 16.5. The van der Waals surface area contributed by atoms with Gasteiger partial charge in [0.1, 0.15) is 0 Å². The van der Waals surface area contributed by atoms with Crippen molar-refractivity contribution in [3.63, 3.8) is 0 Å². The molecular formula is C12H14N2O3.